The Hall–Kier alpha value is -2.26. The van der Waals surface area contributed by atoms with Gasteiger partial charge in [-0.3, -0.25) is 9.48 Å². The van der Waals surface area contributed by atoms with E-state index >= 15 is 0 Å². The highest BCUT2D eigenvalue weighted by molar-refractivity contribution is 5.92. The standard InChI is InChI=1S/C20H29N5O4/c1-24-9-3-16(22-24)18(26)25-10-6-20(7-11-25,8-14-27-2)19-21-17(29-23-19)15-4-12-28-13-5-15/h3,9,15H,4-8,10-14H2,1-2H3. The van der Waals surface area contributed by atoms with Crippen molar-refractivity contribution in [3.05, 3.63) is 29.7 Å². The van der Waals surface area contributed by atoms with Gasteiger partial charge >= 0.3 is 0 Å². The molecule has 9 nitrogen and oxygen atoms in total. The molecular weight excluding hydrogens is 374 g/mol. The molecule has 2 saturated heterocycles. The molecular formula is C20H29N5O4. The van der Waals surface area contributed by atoms with Crippen molar-refractivity contribution in [3.8, 4) is 0 Å². The predicted molar refractivity (Wildman–Crippen MR) is 104 cm³/mol. The molecule has 0 bridgehead atoms. The van der Waals surface area contributed by atoms with Gasteiger partial charge in [0.1, 0.15) is 5.69 Å². The number of hydrogen-bond acceptors (Lipinski definition) is 7. The molecule has 158 valence electrons. The minimum absolute atomic E-state index is 0.0260. The first-order valence-electron chi connectivity index (χ1n) is 10.3. The number of carbonyl (C=O) groups is 1. The predicted octanol–water partition coefficient (Wildman–Crippen LogP) is 1.91. The van der Waals surface area contributed by atoms with Crippen molar-refractivity contribution >= 4 is 5.91 Å². The first-order valence-corrected chi connectivity index (χ1v) is 10.3. The van der Waals surface area contributed by atoms with Gasteiger partial charge in [-0.25, -0.2) is 0 Å². The maximum atomic E-state index is 12.7. The van der Waals surface area contributed by atoms with Gasteiger partial charge in [0.2, 0.25) is 5.89 Å². The van der Waals surface area contributed by atoms with Crippen molar-refractivity contribution in [3.63, 3.8) is 0 Å². The van der Waals surface area contributed by atoms with Crippen LogP contribution in [0.2, 0.25) is 0 Å². The third kappa shape index (κ3) is 4.20. The van der Waals surface area contributed by atoms with Crippen LogP contribution in [0.3, 0.4) is 0 Å². The van der Waals surface area contributed by atoms with E-state index in [9.17, 15) is 4.79 Å². The van der Waals surface area contributed by atoms with E-state index < -0.39 is 0 Å². The minimum atomic E-state index is -0.232. The Morgan fingerprint density at radius 2 is 2.07 bits per heavy atom. The number of carbonyl (C=O) groups excluding carboxylic acids is 1. The third-order valence-corrected chi connectivity index (χ3v) is 6.21. The summed E-state index contributed by atoms with van der Waals surface area (Å²) in [6, 6.07) is 1.76. The molecule has 2 aliphatic rings. The van der Waals surface area contributed by atoms with Crippen molar-refractivity contribution in [2.75, 3.05) is 40.0 Å². The molecule has 0 aliphatic carbocycles. The largest absolute Gasteiger partial charge is 0.385 e. The molecule has 29 heavy (non-hydrogen) atoms. The van der Waals surface area contributed by atoms with Crippen LogP contribution in [0.25, 0.3) is 0 Å². The highest BCUT2D eigenvalue weighted by atomic mass is 16.5. The normalized spacial score (nSPS) is 20.1. The van der Waals surface area contributed by atoms with E-state index in [1.807, 2.05) is 11.9 Å². The molecule has 0 unspecified atom stereocenters. The summed E-state index contributed by atoms with van der Waals surface area (Å²) in [6.45, 7) is 3.37. The van der Waals surface area contributed by atoms with Crippen LogP contribution in [0.1, 0.15) is 60.2 Å². The molecule has 2 aliphatic heterocycles. The van der Waals surface area contributed by atoms with Gasteiger partial charge < -0.3 is 18.9 Å². The van der Waals surface area contributed by atoms with Crippen LogP contribution in [-0.4, -0.2) is 70.7 Å². The van der Waals surface area contributed by atoms with E-state index in [2.05, 4.69) is 10.3 Å². The van der Waals surface area contributed by atoms with Crippen LogP contribution in [0, 0.1) is 0 Å². The molecule has 0 N–H and O–H groups in total. The van der Waals surface area contributed by atoms with Crippen LogP contribution in [0.5, 0.6) is 0 Å². The van der Waals surface area contributed by atoms with Crippen LogP contribution >= 0.6 is 0 Å². The Morgan fingerprint density at radius 3 is 2.72 bits per heavy atom. The number of aryl methyl sites for hydroxylation is 1. The molecule has 1 amide bonds. The summed E-state index contributed by atoms with van der Waals surface area (Å²) in [4.78, 5) is 19.4. The lowest BCUT2D eigenvalue weighted by atomic mass is 9.75. The van der Waals surface area contributed by atoms with Gasteiger partial charge in [-0.05, 0) is 38.2 Å². The Labute approximate surface area is 170 Å². The van der Waals surface area contributed by atoms with Crippen molar-refractivity contribution in [1.29, 1.82) is 0 Å². The fourth-order valence-corrected chi connectivity index (χ4v) is 4.27. The van der Waals surface area contributed by atoms with E-state index in [4.69, 9.17) is 19.0 Å². The molecule has 0 spiro atoms. The first-order chi connectivity index (χ1) is 14.1. The van der Waals surface area contributed by atoms with Crippen LogP contribution in [-0.2, 0) is 21.9 Å². The number of likely N-dealkylation sites (tertiary alicyclic amines) is 1. The second-order valence-electron chi connectivity index (χ2n) is 8.03. The van der Waals surface area contributed by atoms with E-state index in [0.29, 0.717) is 31.3 Å². The van der Waals surface area contributed by atoms with Gasteiger partial charge in [-0.1, -0.05) is 5.16 Å². The highest BCUT2D eigenvalue weighted by Crippen LogP contribution is 2.38. The quantitative estimate of drug-likeness (QED) is 0.727. The second kappa shape index (κ2) is 8.62. The van der Waals surface area contributed by atoms with Crippen molar-refractivity contribution in [2.45, 2.75) is 43.4 Å². The SMILES string of the molecule is COCCC1(c2noc(C3CCOCC3)n2)CCN(C(=O)c2ccn(C)n2)CC1. The zero-order valence-corrected chi connectivity index (χ0v) is 17.2. The van der Waals surface area contributed by atoms with E-state index in [1.165, 1.54) is 0 Å². The van der Waals surface area contributed by atoms with E-state index in [-0.39, 0.29) is 17.2 Å². The maximum Gasteiger partial charge on any atom is 0.274 e. The number of aromatic nitrogens is 4. The summed E-state index contributed by atoms with van der Waals surface area (Å²) in [7, 11) is 3.52. The highest BCUT2D eigenvalue weighted by Gasteiger charge is 2.42. The van der Waals surface area contributed by atoms with Gasteiger partial charge in [0.15, 0.2) is 5.82 Å². The van der Waals surface area contributed by atoms with Crippen molar-refractivity contribution in [2.24, 2.45) is 7.05 Å². The maximum absolute atomic E-state index is 12.7. The number of piperidine rings is 1. The molecule has 0 atom stereocenters. The number of methoxy groups -OCH3 is 1. The first kappa shape index (κ1) is 20.0. The Bertz CT molecular complexity index is 818. The molecule has 0 radical (unpaired) electrons. The summed E-state index contributed by atoms with van der Waals surface area (Å²) in [6.07, 6.45) is 5.99. The number of amides is 1. The molecule has 0 saturated carbocycles. The molecule has 2 aromatic heterocycles. The van der Waals surface area contributed by atoms with Crippen LogP contribution < -0.4 is 0 Å². The van der Waals surface area contributed by atoms with E-state index in [0.717, 1.165) is 51.1 Å². The fourth-order valence-electron chi connectivity index (χ4n) is 4.27. The fraction of sp³-hybridized carbons (Fsp3) is 0.700. The zero-order chi connectivity index (χ0) is 20.3. The number of hydrogen-bond donors (Lipinski definition) is 0. The number of rotatable bonds is 6. The average Bonchev–Trinajstić information content (AvgIpc) is 3.43. The zero-order valence-electron chi connectivity index (χ0n) is 17.2. The van der Waals surface area contributed by atoms with Crippen LogP contribution in [0.15, 0.2) is 16.8 Å². The number of nitrogens with zero attached hydrogens (tertiary/aromatic N) is 5. The molecule has 0 aromatic carbocycles. The molecule has 4 rings (SSSR count). The summed E-state index contributed by atoms with van der Waals surface area (Å²) in [5, 5.41) is 8.61. The van der Waals surface area contributed by atoms with Crippen molar-refractivity contribution in [1.82, 2.24) is 24.8 Å². The van der Waals surface area contributed by atoms with Crippen molar-refractivity contribution < 1.29 is 18.8 Å². The lowest BCUT2D eigenvalue weighted by molar-refractivity contribution is 0.0609. The Kier molecular flexibility index (Phi) is 5.96. The van der Waals surface area contributed by atoms with Gasteiger partial charge in [0.05, 0.1) is 0 Å². The monoisotopic (exact) mass is 403 g/mol. The Morgan fingerprint density at radius 1 is 1.31 bits per heavy atom. The topological polar surface area (TPSA) is 95.5 Å². The summed E-state index contributed by atoms with van der Waals surface area (Å²) in [5.74, 6) is 1.71. The molecule has 9 heteroatoms. The second-order valence-corrected chi connectivity index (χ2v) is 8.03. The average molecular weight is 403 g/mol. The van der Waals surface area contributed by atoms with Gasteiger partial charge in [0.25, 0.3) is 5.91 Å². The minimum Gasteiger partial charge on any atom is -0.385 e. The Balaban J connectivity index is 1.48. The molecule has 2 fully saturated rings. The number of ether oxygens (including phenoxy) is 2. The summed E-state index contributed by atoms with van der Waals surface area (Å²) in [5.41, 5.74) is 0.252. The lowest BCUT2D eigenvalue weighted by Crippen LogP contribution is -2.46. The summed E-state index contributed by atoms with van der Waals surface area (Å²) >= 11 is 0. The molecule has 2 aromatic rings. The molecule has 4 heterocycles. The van der Waals surface area contributed by atoms with Gasteiger partial charge in [0, 0.05) is 64.6 Å². The van der Waals surface area contributed by atoms with E-state index in [1.54, 1.807) is 24.1 Å². The lowest BCUT2D eigenvalue weighted by Gasteiger charge is -2.39. The van der Waals surface area contributed by atoms with Crippen LogP contribution in [0.4, 0.5) is 0 Å². The van der Waals surface area contributed by atoms with Gasteiger partial charge in [-0.15, -0.1) is 0 Å². The third-order valence-electron chi connectivity index (χ3n) is 6.21. The van der Waals surface area contributed by atoms with Gasteiger partial charge in [-0.2, -0.15) is 10.1 Å². The smallest absolute Gasteiger partial charge is 0.274 e. The summed E-state index contributed by atoms with van der Waals surface area (Å²) < 4.78 is 18.1.